The van der Waals surface area contributed by atoms with Crippen LogP contribution in [0.15, 0.2) is 42.7 Å². The van der Waals surface area contributed by atoms with Crippen LogP contribution >= 0.6 is 0 Å². The van der Waals surface area contributed by atoms with Crippen LogP contribution in [0.4, 0.5) is 0 Å². The molecule has 2 heterocycles. The summed E-state index contributed by atoms with van der Waals surface area (Å²) in [5, 5.41) is 9.42. The molecule has 0 spiro atoms. The first-order valence-corrected chi connectivity index (χ1v) is 8.45. The average Bonchev–Trinajstić information content (AvgIpc) is 3.30. The maximum Gasteiger partial charge on any atom is 0.141 e. The van der Waals surface area contributed by atoms with Crippen LogP contribution in [0.1, 0.15) is 23.9 Å². The van der Waals surface area contributed by atoms with E-state index in [2.05, 4.69) is 50.4 Å². The predicted octanol–water partition coefficient (Wildman–Crippen LogP) is 2.93. The Balaban J connectivity index is 1.58. The standard InChI is InChI=1S/C19H22N4O2/c1-24-16-6-5-14-7-13(3-4-15(14)8-16)10-23-11-17(25-2)9-18(23)19-20-12-21-22-19/h3-8,12,17-18H,9-11H2,1-2H3,(H,20,21,22)/t17-,18+/m1/s1. The minimum absolute atomic E-state index is 0.207. The lowest BCUT2D eigenvalue weighted by molar-refractivity contribution is 0.107. The molecule has 1 aliphatic rings. The lowest BCUT2D eigenvalue weighted by Crippen LogP contribution is -2.25. The van der Waals surface area contributed by atoms with Gasteiger partial charge in [-0.3, -0.25) is 10.00 Å². The summed E-state index contributed by atoms with van der Waals surface area (Å²) in [6.45, 7) is 1.75. The highest BCUT2D eigenvalue weighted by molar-refractivity contribution is 5.84. The fourth-order valence-electron chi connectivity index (χ4n) is 3.60. The number of hydrogen-bond donors (Lipinski definition) is 1. The normalized spacial score (nSPS) is 21.0. The summed E-state index contributed by atoms with van der Waals surface area (Å²) in [6.07, 6.45) is 2.72. The van der Waals surface area contributed by atoms with Crippen molar-refractivity contribution in [3.05, 3.63) is 54.1 Å². The molecule has 2 atom stereocenters. The van der Waals surface area contributed by atoms with Crippen LogP contribution in [-0.4, -0.2) is 46.9 Å². The first kappa shape index (κ1) is 16.1. The molecule has 1 aliphatic heterocycles. The van der Waals surface area contributed by atoms with Gasteiger partial charge in [0.25, 0.3) is 0 Å². The van der Waals surface area contributed by atoms with Gasteiger partial charge in [-0.2, -0.15) is 5.10 Å². The van der Waals surface area contributed by atoms with Gasteiger partial charge in [0.2, 0.25) is 0 Å². The second kappa shape index (κ2) is 6.82. The van der Waals surface area contributed by atoms with Gasteiger partial charge in [-0.05, 0) is 41.0 Å². The van der Waals surface area contributed by atoms with Crippen molar-refractivity contribution in [2.75, 3.05) is 20.8 Å². The zero-order valence-electron chi connectivity index (χ0n) is 14.5. The molecule has 4 rings (SSSR count). The quantitative estimate of drug-likeness (QED) is 0.775. The molecule has 1 saturated heterocycles. The summed E-state index contributed by atoms with van der Waals surface area (Å²) in [7, 11) is 3.47. The second-order valence-corrected chi connectivity index (χ2v) is 6.46. The Morgan fingerprint density at radius 2 is 2.00 bits per heavy atom. The molecule has 2 aromatic carbocycles. The van der Waals surface area contributed by atoms with Gasteiger partial charge in [0, 0.05) is 20.2 Å². The Labute approximate surface area is 146 Å². The zero-order chi connectivity index (χ0) is 17.2. The van der Waals surface area contributed by atoms with E-state index < -0.39 is 0 Å². The highest BCUT2D eigenvalue weighted by Crippen LogP contribution is 2.33. The third-order valence-corrected chi connectivity index (χ3v) is 4.95. The van der Waals surface area contributed by atoms with Crippen molar-refractivity contribution in [2.45, 2.75) is 25.1 Å². The summed E-state index contributed by atoms with van der Waals surface area (Å²) in [5.41, 5.74) is 1.28. The van der Waals surface area contributed by atoms with Gasteiger partial charge < -0.3 is 9.47 Å². The summed E-state index contributed by atoms with van der Waals surface area (Å²) in [5.74, 6) is 1.79. The summed E-state index contributed by atoms with van der Waals surface area (Å²) >= 11 is 0. The molecule has 3 aromatic rings. The number of nitrogens with zero attached hydrogens (tertiary/aromatic N) is 3. The third-order valence-electron chi connectivity index (χ3n) is 4.95. The van der Waals surface area contributed by atoms with E-state index >= 15 is 0 Å². The van der Waals surface area contributed by atoms with Gasteiger partial charge in [0.05, 0.1) is 19.3 Å². The average molecular weight is 338 g/mol. The zero-order valence-corrected chi connectivity index (χ0v) is 14.5. The minimum atomic E-state index is 0.207. The molecule has 0 radical (unpaired) electrons. The van der Waals surface area contributed by atoms with Gasteiger partial charge >= 0.3 is 0 Å². The van der Waals surface area contributed by atoms with Crippen molar-refractivity contribution >= 4 is 10.8 Å². The van der Waals surface area contributed by atoms with Crippen molar-refractivity contribution in [1.82, 2.24) is 20.1 Å². The molecule has 0 unspecified atom stereocenters. The van der Waals surface area contributed by atoms with Crippen LogP contribution in [0.2, 0.25) is 0 Å². The summed E-state index contributed by atoms with van der Waals surface area (Å²) < 4.78 is 10.9. The number of aromatic amines is 1. The van der Waals surface area contributed by atoms with Crippen LogP contribution in [0.5, 0.6) is 5.75 Å². The lowest BCUT2D eigenvalue weighted by Gasteiger charge is -2.22. The van der Waals surface area contributed by atoms with E-state index in [1.54, 1.807) is 20.5 Å². The molecular formula is C19H22N4O2. The molecule has 1 fully saturated rings. The Morgan fingerprint density at radius 1 is 1.16 bits per heavy atom. The SMILES string of the molecule is COc1ccc2cc(CN3C[C@H](OC)C[C@H]3c3ncn[nH]3)ccc2c1. The van der Waals surface area contributed by atoms with Crippen molar-refractivity contribution in [2.24, 2.45) is 0 Å². The number of rotatable bonds is 5. The fraction of sp³-hybridized carbons (Fsp3) is 0.368. The smallest absolute Gasteiger partial charge is 0.141 e. The van der Waals surface area contributed by atoms with Gasteiger partial charge in [0.15, 0.2) is 0 Å². The van der Waals surface area contributed by atoms with Crippen LogP contribution in [0.3, 0.4) is 0 Å². The maximum absolute atomic E-state index is 5.59. The number of methoxy groups -OCH3 is 2. The monoisotopic (exact) mass is 338 g/mol. The molecular weight excluding hydrogens is 316 g/mol. The maximum atomic E-state index is 5.59. The van der Waals surface area contributed by atoms with E-state index in [1.807, 2.05) is 6.07 Å². The molecule has 6 nitrogen and oxygen atoms in total. The Morgan fingerprint density at radius 3 is 2.76 bits per heavy atom. The molecule has 0 aliphatic carbocycles. The van der Waals surface area contributed by atoms with Gasteiger partial charge in [-0.1, -0.05) is 18.2 Å². The second-order valence-electron chi connectivity index (χ2n) is 6.46. The Hall–Kier alpha value is -2.44. The van der Waals surface area contributed by atoms with E-state index in [9.17, 15) is 0 Å². The molecule has 25 heavy (non-hydrogen) atoms. The fourth-order valence-corrected chi connectivity index (χ4v) is 3.60. The minimum Gasteiger partial charge on any atom is -0.497 e. The number of H-pyrrole nitrogens is 1. The summed E-state index contributed by atoms with van der Waals surface area (Å²) in [6, 6.07) is 13.0. The molecule has 1 aromatic heterocycles. The number of nitrogens with one attached hydrogen (secondary N) is 1. The largest absolute Gasteiger partial charge is 0.497 e. The van der Waals surface area contributed by atoms with Gasteiger partial charge in [0.1, 0.15) is 17.9 Å². The number of benzene rings is 2. The van der Waals surface area contributed by atoms with Gasteiger partial charge in [-0.15, -0.1) is 0 Å². The molecule has 6 heteroatoms. The number of hydrogen-bond acceptors (Lipinski definition) is 5. The van der Waals surface area contributed by atoms with Crippen LogP contribution in [-0.2, 0) is 11.3 Å². The highest BCUT2D eigenvalue weighted by Gasteiger charge is 2.34. The number of ether oxygens (including phenoxy) is 2. The predicted molar refractivity (Wildman–Crippen MR) is 95.4 cm³/mol. The van der Waals surface area contributed by atoms with Crippen molar-refractivity contribution in [3.63, 3.8) is 0 Å². The summed E-state index contributed by atoms with van der Waals surface area (Å²) in [4.78, 5) is 6.75. The van der Waals surface area contributed by atoms with Crippen molar-refractivity contribution in [1.29, 1.82) is 0 Å². The lowest BCUT2D eigenvalue weighted by atomic mass is 10.1. The van der Waals surface area contributed by atoms with Gasteiger partial charge in [-0.25, -0.2) is 4.98 Å². The highest BCUT2D eigenvalue weighted by atomic mass is 16.5. The van der Waals surface area contributed by atoms with E-state index in [0.29, 0.717) is 0 Å². The molecule has 0 amide bonds. The van der Waals surface area contributed by atoms with E-state index in [-0.39, 0.29) is 12.1 Å². The first-order chi connectivity index (χ1) is 12.3. The molecule has 130 valence electrons. The number of likely N-dealkylation sites (tertiary alicyclic amines) is 1. The number of aromatic nitrogens is 3. The molecule has 0 saturated carbocycles. The van der Waals surface area contributed by atoms with Crippen molar-refractivity contribution in [3.8, 4) is 5.75 Å². The third kappa shape index (κ3) is 3.23. The molecule has 0 bridgehead atoms. The van der Waals surface area contributed by atoms with Crippen LogP contribution in [0, 0.1) is 0 Å². The topological polar surface area (TPSA) is 63.3 Å². The van der Waals surface area contributed by atoms with Crippen molar-refractivity contribution < 1.29 is 9.47 Å². The van der Waals surface area contributed by atoms with Crippen LogP contribution in [0.25, 0.3) is 10.8 Å². The van der Waals surface area contributed by atoms with Crippen LogP contribution < -0.4 is 4.74 Å². The first-order valence-electron chi connectivity index (χ1n) is 8.45. The van der Waals surface area contributed by atoms with E-state index in [1.165, 1.54) is 16.3 Å². The Bertz CT molecular complexity index is 850. The van der Waals surface area contributed by atoms with E-state index in [0.717, 1.165) is 31.1 Å². The molecule has 1 N–H and O–H groups in total. The van der Waals surface area contributed by atoms with E-state index in [4.69, 9.17) is 9.47 Å². The number of fused-ring (bicyclic) bond motifs is 1. The Kier molecular flexibility index (Phi) is 4.38.